The molecular weight excluding hydrogens is 202 g/mol. The topological polar surface area (TPSA) is 61.0 Å². The van der Waals surface area contributed by atoms with Crippen LogP contribution in [0.2, 0.25) is 5.02 Å². The van der Waals surface area contributed by atoms with Crippen molar-refractivity contribution in [2.75, 3.05) is 5.73 Å². The van der Waals surface area contributed by atoms with Crippen molar-refractivity contribution in [3.8, 4) is 5.88 Å². The van der Waals surface area contributed by atoms with Gasteiger partial charge in [-0.2, -0.15) is 4.98 Å². The molecule has 1 atom stereocenters. The number of nitrogen functional groups attached to an aromatic ring is 1. The number of aromatic nitrogens is 2. The first-order valence-electron chi connectivity index (χ1n) is 4.45. The Bertz CT molecular complexity index is 317. The average molecular weight is 216 g/mol. The fourth-order valence-corrected chi connectivity index (χ4v) is 0.895. The molecule has 14 heavy (non-hydrogen) atoms. The first-order chi connectivity index (χ1) is 6.50. The summed E-state index contributed by atoms with van der Waals surface area (Å²) in [5.74, 6) is 0.906. The Kier molecular flexibility index (Phi) is 3.52. The lowest BCUT2D eigenvalue weighted by atomic mass is 10.1. The van der Waals surface area contributed by atoms with Gasteiger partial charge in [0.05, 0.1) is 12.3 Å². The van der Waals surface area contributed by atoms with Gasteiger partial charge in [-0.25, -0.2) is 4.98 Å². The lowest BCUT2D eigenvalue weighted by Gasteiger charge is -2.17. The highest BCUT2D eigenvalue weighted by molar-refractivity contribution is 6.31. The maximum absolute atomic E-state index is 5.84. The molecule has 4 nitrogen and oxygen atoms in total. The molecule has 0 aliphatic carbocycles. The molecule has 0 radical (unpaired) electrons. The summed E-state index contributed by atoms with van der Waals surface area (Å²) in [7, 11) is 0. The summed E-state index contributed by atoms with van der Waals surface area (Å²) in [6.45, 7) is 6.07. The summed E-state index contributed by atoms with van der Waals surface area (Å²) in [6, 6.07) is 0. The number of nitrogens with two attached hydrogens (primary N) is 1. The van der Waals surface area contributed by atoms with Crippen LogP contribution in [0.25, 0.3) is 0 Å². The standard InChI is InChI=1S/C9H14ClN3O/c1-5(2)6(3)14-8-7(10)4-12-9(11)13-8/h4-6H,1-3H3,(H2,11,12,13). The predicted molar refractivity (Wildman–Crippen MR) is 56.4 cm³/mol. The molecule has 78 valence electrons. The van der Waals surface area contributed by atoms with Crippen molar-refractivity contribution in [2.45, 2.75) is 26.9 Å². The predicted octanol–water partition coefficient (Wildman–Crippen LogP) is 2.14. The summed E-state index contributed by atoms with van der Waals surface area (Å²) in [5.41, 5.74) is 5.42. The van der Waals surface area contributed by atoms with Crippen molar-refractivity contribution in [1.29, 1.82) is 0 Å². The van der Waals surface area contributed by atoms with Crippen LogP contribution in [0.1, 0.15) is 20.8 Å². The minimum absolute atomic E-state index is 0.0433. The van der Waals surface area contributed by atoms with E-state index in [2.05, 4.69) is 23.8 Å². The minimum atomic E-state index is 0.0433. The van der Waals surface area contributed by atoms with Gasteiger partial charge >= 0.3 is 0 Å². The Morgan fingerprint density at radius 3 is 2.64 bits per heavy atom. The van der Waals surface area contributed by atoms with Crippen molar-refractivity contribution in [3.63, 3.8) is 0 Å². The van der Waals surface area contributed by atoms with E-state index in [1.54, 1.807) is 0 Å². The average Bonchev–Trinajstić information content (AvgIpc) is 2.11. The van der Waals surface area contributed by atoms with Crippen LogP contribution in [0.5, 0.6) is 5.88 Å². The molecule has 1 unspecified atom stereocenters. The van der Waals surface area contributed by atoms with E-state index < -0.39 is 0 Å². The Hall–Kier alpha value is -1.03. The lowest BCUT2D eigenvalue weighted by molar-refractivity contribution is 0.163. The molecule has 0 aromatic carbocycles. The summed E-state index contributed by atoms with van der Waals surface area (Å²) in [4.78, 5) is 7.65. The Morgan fingerprint density at radius 1 is 1.43 bits per heavy atom. The third-order valence-corrected chi connectivity index (χ3v) is 2.23. The van der Waals surface area contributed by atoms with Gasteiger partial charge in [0.2, 0.25) is 11.8 Å². The Balaban J connectivity index is 2.80. The van der Waals surface area contributed by atoms with Gasteiger partial charge in [0.1, 0.15) is 5.02 Å². The van der Waals surface area contributed by atoms with Crippen LogP contribution in [0.4, 0.5) is 5.95 Å². The molecule has 0 saturated carbocycles. The van der Waals surface area contributed by atoms with Gasteiger partial charge in [0.15, 0.2) is 0 Å². The van der Waals surface area contributed by atoms with E-state index in [0.717, 1.165) is 0 Å². The number of ether oxygens (including phenoxy) is 1. The van der Waals surface area contributed by atoms with Crippen molar-refractivity contribution < 1.29 is 4.74 Å². The maximum Gasteiger partial charge on any atom is 0.237 e. The summed E-state index contributed by atoms with van der Waals surface area (Å²) < 4.78 is 5.52. The van der Waals surface area contributed by atoms with E-state index in [0.29, 0.717) is 16.8 Å². The quantitative estimate of drug-likeness (QED) is 0.839. The zero-order valence-corrected chi connectivity index (χ0v) is 9.25. The van der Waals surface area contributed by atoms with Crippen LogP contribution in [0.3, 0.4) is 0 Å². The fraction of sp³-hybridized carbons (Fsp3) is 0.556. The molecule has 1 rings (SSSR count). The van der Waals surface area contributed by atoms with E-state index in [9.17, 15) is 0 Å². The second kappa shape index (κ2) is 4.46. The van der Waals surface area contributed by atoms with Crippen molar-refractivity contribution in [1.82, 2.24) is 9.97 Å². The second-order valence-corrected chi connectivity index (χ2v) is 3.86. The highest BCUT2D eigenvalue weighted by atomic mass is 35.5. The van der Waals surface area contributed by atoms with E-state index in [1.807, 2.05) is 6.92 Å². The van der Waals surface area contributed by atoms with E-state index in [1.165, 1.54) is 6.20 Å². The molecule has 5 heteroatoms. The Morgan fingerprint density at radius 2 is 2.07 bits per heavy atom. The van der Waals surface area contributed by atoms with E-state index in [-0.39, 0.29) is 12.1 Å². The monoisotopic (exact) mass is 215 g/mol. The summed E-state index contributed by atoms with van der Waals surface area (Å²) >= 11 is 5.84. The van der Waals surface area contributed by atoms with Crippen molar-refractivity contribution in [3.05, 3.63) is 11.2 Å². The summed E-state index contributed by atoms with van der Waals surface area (Å²) in [5, 5.41) is 0.381. The molecule has 0 aliphatic rings. The van der Waals surface area contributed by atoms with Gasteiger partial charge < -0.3 is 10.5 Å². The van der Waals surface area contributed by atoms with Gasteiger partial charge in [-0.15, -0.1) is 0 Å². The molecule has 2 N–H and O–H groups in total. The SMILES string of the molecule is CC(C)C(C)Oc1nc(N)ncc1Cl. The van der Waals surface area contributed by atoms with Gasteiger partial charge in [-0.1, -0.05) is 25.4 Å². The highest BCUT2D eigenvalue weighted by Crippen LogP contribution is 2.23. The number of rotatable bonds is 3. The molecule has 1 heterocycles. The highest BCUT2D eigenvalue weighted by Gasteiger charge is 2.12. The van der Waals surface area contributed by atoms with Gasteiger partial charge in [-0.05, 0) is 12.8 Å². The van der Waals surface area contributed by atoms with Crippen LogP contribution in [0, 0.1) is 5.92 Å². The van der Waals surface area contributed by atoms with Crippen LogP contribution < -0.4 is 10.5 Å². The lowest BCUT2D eigenvalue weighted by Crippen LogP contribution is -2.19. The number of nitrogens with zero attached hydrogens (tertiary/aromatic N) is 2. The van der Waals surface area contributed by atoms with Crippen LogP contribution in [-0.4, -0.2) is 16.1 Å². The smallest absolute Gasteiger partial charge is 0.237 e. The zero-order chi connectivity index (χ0) is 10.7. The normalized spacial score (nSPS) is 12.9. The molecule has 1 aromatic rings. The first kappa shape index (κ1) is 11.0. The largest absolute Gasteiger partial charge is 0.473 e. The molecule has 0 amide bonds. The number of hydrogen-bond acceptors (Lipinski definition) is 4. The number of halogens is 1. The molecule has 0 spiro atoms. The second-order valence-electron chi connectivity index (χ2n) is 3.45. The van der Waals surface area contributed by atoms with E-state index >= 15 is 0 Å². The maximum atomic E-state index is 5.84. The molecular formula is C9H14ClN3O. The minimum Gasteiger partial charge on any atom is -0.473 e. The summed E-state index contributed by atoms with van der Waals surface area (Å²) in [6.07, 6.45) is 1.48. The molecule has 0 saturated heterocycles. The zero-order valence-electron chi connectivity index (χ0n) is 8.49. The molecule has 0 fully saturated rings. The fourth-order valence-electron chi connectivity index (χ4n) is 0.759. The number of anilines is 1. The molecule has 1 aromatic heterocycles. The molecule has 0 bridgehead atoms. The third-order valence-electron chi connectivity index (χ3n) is 1.97. The van der Waals surface area contributed by atoms with Crippen molar-refractivity contribution in [2.24, 2.45) is 5.92 Å². The Labute approximate surface area is 88.5 Å². The van der Waals surface area contributed by atoms with Gasteiger partial charge in [0.25, 0.3) is 0 Å². The first-order valence-corrected chi connectivity index (χ1v) is 4.83. The van der Waals surface area contributed by atoms with Crippen LogP contribution >= 0.6 is 11.6 Å². The third kappa shape index (κ3) is 2.73. The van der Waals surface area contributed by atoms with E-state index in [4.69, 9.17) is 22.1 Å². The molecule has 0 aliphatic heterocycles. The number of hydrogen-bond donors (Lipinski definition) is 1. The van der Waals surface area contributed by atoms with Crippen LogP contribution in [-0.2, 0) is 0 Å². The van der Waals surface area contributed by atoms with Gasteiger partial charge in [-0.3, -0.25) is 0 Å². The van der Waals surface area contributed by atoms with Gasteiger partial charge in [0, 0.05) is 0 Å². The van der Waals surface area contributed by atoms with Crippen molar-refractivity contribution >= 4 is 17.5 Å². The van der Waals surface area contributed by atoms with Crippen LogP contribution in [0.15, 0.2) is 6.20 Å².